The predicted octanol–water partition coefficient (Wildman–Crippen LogP) is 5.21. The molecule has 2 fully saturated rings. The summed E-state index contributed by atoms with van der Waals surface area (Å²) in [4.78, 5) is 2.43. The summed E-state index contributed by atoms with van der Waals surface area (Å²) in [7, 11) is 2.22. The molecule has 0 aromatic rings. The molecule has 0 atom stereocenters. The van der Waals surface area contributed by atoms with Crippen LogP contribution in [-0.2, 0) is 0 Å². The van der Waals surface area contributed by atoms with E-state index >= 15 is 0 Å². The summed E-state index contributed by atoms with van der Waals surface area (Å²) in [5, 5.41) is 0. The Morgan fingerprint density at radius 1 is 0.684 bits per heavy atom. The van der Waals surface area contributed by atoms with Crippen molar-refractivity contribution in [1.82, 2.24) is 4.90 Å². The molecular weight excluding hydrogens is 230 g/mol. The van der Waals surface area contributed by atoms with Crippen LogP contribution in [0.2, 0.25) is 0 Å². The minimum atomic E-state index is 0.897. The average molecular weight is 268 g/mol. The molecule has 0 radical (unpaired) electrons. The Labute approximate surface area is 122 Å². The van der Waals surface area contributed by atoms with Crippen molar-refractivity contribution in [2.75, 3.05) is 20.1 Å². The zero-order valence-electron chi connectivity index (χ0n) is 14.1. The van der Waals surface area contributed by atoms with Gasteiger partial charge in [0.25, 0.3) is 0 Å². The molecule has 0 aromatic heterocycles. The van der Waals surface area contributed by atoms with Gasteiger partial charge in [0.15, 0.2) is 0 Å². The van der Waals surface area contributed by atoms with Crippen LogP contribution >= 0.6 is 0 Å². The summed E-state index contributed by atoms with van der Waals surface area (Å²) in [6.07, 6.45) is 10.3. The number of piperidine rings is 1. The third-order valence-electron chi connectivity index (χ3n) is 5.30. The van der Waals surface area contributed by atoms with E-state index in [1.807, 2.05) is 0 Å². The first-order valence-electron chi connectivity index (χ1n) is 8.69. The van der Waals surface area contributed by atoms with Gasteiger partial charge in [-0.25, -0.2) is 0 Å². The first-order valence-corrected chi connectivity index (χ1v) is 8.69. The fourth-order valence-electron chi connectivity index (χ4n) is 3.50. The fraction of sp³-hybridized carbons (Fsp3) is 1.00. The minimum absolute atomic E-state index is 0.897. The van der Waals surface area contributed by atoms with Crippen molar-refractivity contribution in [3.63, 3.8) is 0 Å². The van der Waals surface area contributed by atoms with Crippen LogP contribution in [0.15, 0.2) is 0 Å². The van der Waals surface area contributed by atoms with Crippen LogP contribution in [0.5, 0.6) is 0 Å². The Kier molecular flexibility index (Phi) is 8.06. The fourth-order valence-corrected chi connectivity index (χ4v) is 3.50. The maximum Gasteiger partial charge on any atom is -0.00190 e. The quantitative estimate of drug-likeness (QED) is 0.664. The summed E-state index contributed by atoms with van der Waals surface area (Å²) < 4.78 is 0. The molecule has 2 aliphatic rings. The average Bonchev–Trinajstić information content (AvgIpc) is 2.41. The largest absolute Gasteiger partial charge is 0.306 e. The van der Waals surface area contributed by atoms with Gasteiger partial charge in [-0.15, -0.1) is 0 Å². The van der Waals surface area contributed by atoms with E-state index in [1.54, 1.807) is 0 Å². The second kappa shape index (κ2) is 9.00. The Morgan fingerprint density at radius 3 is 1.47 bits per heavy atom. The predicted molar refractivity (Wildman–Crippen MR) is 86.5 cm³/mol. The third kappa shape index (κ3) is 6.79. The normalized spacial score (nSPS) is 23.5. The Morgan fingerprint density at radius 2 is 1.11 bits per heavy atom. The van der Waals surface area contributed by atoms with Crippen LogP contribution in [0.3, 0.4) is 0 Å². The lowest BCUT2D eigenvalue weighted by Crippen LogP contribution is -2.32. The van der Waals surface area contributed by atoms with Crippen molar-refractivity contribution in [3.05, 3.63) is 0 Å². The monoisotopic (exact) mass is 267 g/mol. The Hall–Kier alpha value is -0.0400. The molecular formula is C18H37N. The van der Waals surface area contributed by atoms with E-state index in [-0.39, 0.29) is 0 Å². The van der Waals surface area contributed by atoms with E-state index in [4.69, 9.17) is 0 Å². The molecule has 0 spiro atoms. The molecule has 0 unspecified atom stereocenters. The van der Waals surface area contributed by atoms with Gasteiger partial charge in [-0.3, -0.25) is 0 Å². The first-order chi connectivity index (χ1) is 9.00. The van der Waals surface area contributed by atoms with Gasteiger partial charge < -0.3 is 4.90 Å². The lowest BCUT2D eigenvalue weighted by atomic mass is 9.82. The molecule has 1 saturated heterocycles. The SMILES string of the molecule is CC(C)C1CCCCC1.CC(C)C1CCN(C)CC1. The van der Waals surface area contributed by atoms with Crippen molar-refractivity contribution >= 4 is 0 Å². The van der Waals surface area contributed by atoms with Crippen molar-refractivity contribution in [2.24, 2.45) is 23.7 Å². The van der Waals surface area contributed by atoms with Crippen LogP contribution in [0.4, 0.5) is 0 Å². The highest BCUT2D eigenvalue weighted by atomic mass is 15.1. The van der Waals surface area contributed by atoms with Gasteiger partial charge >= 0.3 is 0 Å². The zero-order valence-corrected chi connectivity index (χ0v) is 14.1. The first kappa shape index (κ1) is 17.0. The molecule has 0 amide bonds. The van der Waals surface area contributed by atoms with Gasteiger partial charge in [-0.05, 0) is 56.7 Å². The molecule has 1 heteroatoms. The molecule has 0 N–H and O–H groups in total. The van der Waals surface area contributed by atoms with Crippen molar-refractivity contribution in [1.29, 1.82) is 0 Å². The summed E-state index contributed by atoms with van der Waals surface area (Å²) in [5.41, 5.74) is 0. The van der Waals surface area contributed by atoms with E-state index in [2.05, 4.69) is 39.6 Å². The van der Waals surface area contributed by atoms with E-state index in [1.165, 1.54) is 58.0 Å². The van der Waals surface area contributed by atoms with E-state index < -0.39 is 0 Å². The number of hydrogen-bond donors (Lipinski definition) is 0. The minimum Gasteiger partial charge on any atom is -0.306 e. The highest BCUT2D eigenvalue weighted by Gasteiger charge is 2.18. The maximum absolute atomic E-state index is 2.43. The van der Waals surface area contributed by atoms with Gasteiger partial charge in [0, 0.05) is 0 Å². The third-order valence-corrected chi connectivity index (χ3v) is 5.30. The van der Waals surface area contributed by atoms with Crippen molar-refractivity contribution in [2.45, 2.75) is 72.6 Å². The summed E-state index contributed by atoms with van der Waals surface area (Å²) in [6, 6.07) is 0. The van der Waals surface area contributed by atoms with E-state index in [0.717, 1.165) is 23.7 Å². The molecule has 0 bridgehead atoms. The molecule has 1 saturated carbocycles. The number of nitrogens with zero attached hydrogens (tertiary/aromatic N) is 1. The molecule has 1 aliphatic heterocycles. The lowest BCUT2D eigenvalue weighted by Gasteiger charge is -2.31. The molecule has 2 rings (SSSR count). The van der Waals surface area contributed by atoms with Gasteiger partial charge in [0.1, 0.15) is 0 Å². The van der Waals surface area contributed by atoms with Crippen LogP contribution < -0.4 is 0 Å². The van der Waals surface area contributed by atoms with E-state index in [9.17, 15) is 0 Å². The van der Waals surface area contributed by atoms with Crippen molar-refractivity contribution < 1.29 is 0 Å². The molecule has 114 valence electrons. The summed E-state index contributed by atoms with van der Waals surface area (Å²) in [6.45, 7) is 12.0. The number of rotatable bonds is 2. The smallest absolute Gasteiger partial charge is 0.00190 e. The van der Waals surface area contributed by atoms with Gasteiger partial charge in [-0.2, -0.15) is 0 Å². The molecule has 1 aliphatic carbocycles. The number of likely N-dealkylation sites (tertiary alicyclic amines) is 1. The molecule has 1 heterocycles. The van der Waals surface area contributed by atoms with E-state index in [0.29, 0.717) is 0 Å². The van der Waals surface area contributed by atoms with Crippen LogP contribution in [0.1, 0.15) is 72.6 Å². The van der Waals surface area contributed by atoms with Crippen LogP contribution in [-0.4, -0.2) is 25.0 Å². The Bertz CT molecular complexity index is 208. The topological polar surface area (TPSA) is 3.24 Å². The second-order valence-corrected chi connectivity index (χ2v) is 7.53. The van der Waals surface area contributed by atoms with Gasteiger partial charge in [0.2, 0.25) is 0 Å². The number of hydrogen-bond acceptors (Lipinski definition) is 1. The lowest BCUT2D eigenvalue weighted by molar-refractivity contribution is 0.185. The maximum atomic E-state index is 2.43. The Balaban J connectivity index is 0.000000191. The second-order valence-electron chi connectivity index (χ2n) is 7.53. The van der Waals surface area contributed by atoms with Crippen LogP contribution in [0, 0.1) is 23.7 Å². The highest BCUT2D eigenvalue weighted by Crippen LogP contribution is 2.29. The molecule has 19 heavy (non-hydrogen) atoms. The van der Waals surface area contributed by atoms with Crippen molar-refractivity contribution in [3.8, 4) is 0 Å². The molecule has 1 nitrogen and oxygen atoms in total. The molecule has 0 aromatic carbocycles. The van der Waals surface area contributed by atoms with Gasteiger partial charge in [-0.1, -0.05) is 59.8 Å². The zero-order chi connectivity index (χ0) is 14.3. The highest BCUT2D eigenvalue weighted by molar-refractivity contribution is 4.71. The standard InChI is InChI=1S/C9H19N.C9H18/c1-8(2)9-4-6-10(3)7-5-9;1-8(2)9-6-4-3-5-7-9/h8-9H,4-7H2,1-3H3;8-9H,3-7H2,1-2H3. The summed E-state index contributed by atoms with van der Waals surface area (Å²) >= 11 is 0. The van der Waals surface area contributed by atoms with Gasteiger partial charge in [0.05, 0.1) is 0 Å². The summed E-state index contributed by atoms with van der Waals surface area (Å²) in [5.74, 6) is 3.88. The van der Waals surface area contributed by atoms with Crippen LogP contribution in [0.25, 0.3) is 0 Å².